The first-order chi connectivity index (χ1) is 11.9. The monoisotopic (exact) mass is 372 g/mol. The van der Waals surface area contributed by atoms with E-state index in [1.54, 1.807) is 0 Å². The summed E-state index contributed by atoms with van der Waals surface area (Å²) in [6.45, 7) is 4.10. The average molecular weight is 373 g/mol. The van der Waals surface area contributed by atoms with E-state index in [0.717, 1.165) is 16.9 Å². The highest BCUT2D eigenvalue weighted by molar-refractivity contribution is 7.91. The summed E-state index contributed by atoms with van der Waals surface area (Å²) in [5.74, 6) is 0.294. The van der Waals surface area contributed by atoms with Gasteiger partial charge in [-0.2, -0.15) is 0 Å². The average Bonchev–Trinajstić information content (AvgIpc) is 2.98. The lowest BCUT2D eigenvalue weighted by Gasteiger charge is -2.27. The van der Waals surface area contributed by atoms with E-state index in [1.807, 2.05) is 46.2 Å². The molecule has 0 amide bonds. The Labute approximate surface area is 154 Å². The number of sulfone groups is 1. The Morgan fingerprint density at radius 2 is 1.60 bits per heavy atom. The predicted octanol–water partition coefficient (Wildman–Crippen LogP) is 3.08. The van der Waals surface area contributed by atoms with Gasteiger partial charge in [-0.25, -0.2) is 8.42 Å². The highest BCUT2D eigenvalue weighted by atomic mass is 32.2. The molecule has 2 aliphatic heterocycles. The zero-order chi connectivity index (χ0) is 17.8. The molecule has 0 saturated carbocycles. The van der Waals surface area contributed by atoms with E-state index in [-0.39, 0.29) is 23.6 Å². The highest BCUT2D eigenvalue weighted by Crippen LogP contribution is 2.39. The van der Waals surface area contributed by atoms with Crippen LogP contribution in [-0.4, -0.2) is 37.1 Å². The maximum Gasteiger partial charge on any atom is 0.181 e. The van der Waals surface area contributed by atoms with Gasteiger partial charge in [-0.3, -0.25) is 0 Å². The minimum Gasteiger partial charge on any atom is -0.312 e. The first-order valence-corrected chi connectivity index (χ1v) is 10.6. The van der Waals surface area contributed by atoms with Gasteiger partial charge in [0.1, 0.15) is 0 Å². The lowest BCUT2D eigenvalue weighted by molar-refractivity contribution is 0.601. The SMILES string of the molecule is Cc1ccc(N2C(=S)N(c3ccccc3)[C@@H]3CS(=O)(=O)C[C@H]32)c(C)c1. The van der Waals surface area contributed by atoms with Crippen molar-refractivity contribution in [2.24, 2.45) is 0 Å². The second kappa shape index (κ2) is 5.81. The number of aryl methyl sites for hydroxylation is 2. The van der Waals surface area contributed by atoms with Crippen LogP contribution in [0.3, 0.4) is 0 Å². The molecular formula is C19H20N2O2S2. The Morgan fingerprint density at radius 3 is 2.24 bits per heavy atom. The van der Waals surface area contributed by atoms with Gasteiger partial charge in [-0.15, -0.1) is 0 Å². The van der Waals surface area contributed by atoms with E-state index in [9.17, 15) is 8.42 Å². The molecule has 25 heavy (non-hydrogen) atoms. The van der Waals surface area contributed by atoms with E-state index >= 15 is 0 Å². The first-order valence-electron chi connectivity index (χ1n) is 8.32. The Morgan fingerprint density at radius 1 is 0.960 bits per heavy atom. The Kier molecular flexibility index (Phi) is 3.85. The number of hydrogen-bond donors (Lipinski definition) is 0. The third-order valence-corrected chi connectivity index (χ3v) is 7.11. The Hall–Kier alpha value is -1.92. The summed E-state index contributed by atoms with van der Waals surface area (Å²) in [6.07, 6.45) is 0. The second-order valence-corrected chi connectivity index (χ2v) is 9.38. The Balaban J connectivity index is 1.83. The number of fused-ring (bicyclic) bond motifs is 1. The van der Waals surface area contributed by atoms with Gasteiger partial charge in [0.25, 0.3) is 0 Å². The normalized spacial score (nSPS) is 24.6. The summed E-state index contributed by atoms with van der Waals surface area (Å²) >= 11 is 5.80. The molecule has 4 nitrogen and oxygen atoms in total. The molecule has 0 radical (unpaired) electrons. The van der Waals surface area contributed by atoms with E-state index in [2.05, 4.69) is 26.0 Å². The van der Waals surface area contributed by atoms with E-state index in [0.29, 0.717) is 5.11 Å². The van der Waals surface area contributed by atoms with Crippen molar-refractivity contribution < 1.29 is 8.42 Å². The summed E-state index contributed by atoms with van der Waals surface area (Å²) in [4.78, 5) is 4.07. The van der Waals surface area contributed by atoms with Crippen LogP contribution >= 0.6 is 12.2 Å². The molecule has 0 N–H and O–H groups in total. The van der Waals surface area contributed by atoms with Crippen molar-refractivity contribution >= 4 is 38.5 Å². The van der Waals surface area contributed by atoms with Crippen molar-refractivity contribution in [3.63, 3.8) is 0 Å². The largest absolute Gasteiger partial charge is 0.312 e. The number of hydrogen-bond acceptors (Lipinski definition) is 3. The van der Waals surface area contributed by atoms with Crippen molar-refractivity contribution in [1.29, 1.82) is 0 Å². The van der Waals surface area contributed by atoms with E-state index in [1.165, 1.54) is 5.56 Å². The maximum atomic E-state index is 12.3. The molecule has 2 aliphatic rings. The molecule has 0 aliphatic carbocycles. The van der Waals surface area contributed by atoms with Crippen molar-refractivity contribution in [2.45, 2.75) is 25.9 Å². The van der Waals surface area contributed by atoms with Crippen LogP contribution in [0.15, 0.2) is 48.5 Å². The van der Waals surface area contributed by atoms with Crippen molar-refractivity contribution in [3.05, 3.63) is 59.7 Å². The number of rotatable bonds is 2. The molecule has 0 bridgehead atoms. The lowest BCUT2D eigenvalue weighted by atomic mass is 10.1. The van der Waals surface area contributed by atoms with Crippen molar-refractivity contribution in [2.75, 3.05) is 21.3 Å². The molecule has 4 rings (SSSR count). The van der Waals surface area contributed by atoms with Crippen LogP contribution in [0.25, 0.3) is 0 Å². The third-order valence-electron chi connectivity index (χ3n) is 5.02. The number of nitrogens with zero attached hydrogens (tertiary/aromatic N) is 2. The number of thiocarbonyl (C=S) groups is 1. The molecule has 0 spiro atoms. The zero-order valence-electron chi connectivity index (χ0n) is 14.2. The molecule has 130 valence electrons. The fraction of sp³-hybridized carbons (Fsp3) is 0.316. The standard InChI is InChI=1S/C19H20N2O2S2/c1-13-8-9-16(14(2)10-13)21-18-12-25(22,23)11-17(18)20(19(21)24)15-6-4-3-5-7-15/h3-10,17-18H,11-12H2,1-2H3/t17-,18-/m1/s1. The molecule has 2 fully saturated rings. The molecular weight excluding hydrogens is 352 g/mol. The van der Waals surface area contributed by atoms with Gasteiger partial charge in [-0.05, 0) is 49.8 Å². The number of benzene rings is 2. The van der Waals surface area contributed by atoms with Crippen LogP contribution in [0.4, 0.5) is 11.4 Å². The molecule has 2 aromatic carbocycles. The van der Waals surface area contributed by atoms with Crippen LogP contribution in [0, 0.1) is 13.8 Å². The zero-order valence-corrected chi connectivity index (χ0v) is 15.8. The first kappa shape index (κ1) is 16.5. The molecule has 2 atom stereocenters. The molecule has 2 aromatic rings. The van der Waals surface area contributed by atoms with Crippen molar-refractivity contribution in [1.82, 2.24) is 0 Å². The summed E-state index contributed by atoms with van der Waals surface area (Å²) in [5.41, 5.74) is 4.25. The predicted molar refractivity (Wildman–Crippen MR) is 106 cm³/mol. The number of anilines is 2. The van der Waals surface area contributed by atoms with Crippen LogP contribution in [0.2, 0.25) is 0 Å². The lowest BCUT2D eigenvalue weighted by Crippen LogP contribution is -2.38. The Bertz CT molecular complexity index is 941. The van der Waals surface area contributed by atoms with Gasteiger partial charge >= 0.3 is 0 Å². The fourth-order valence-electron chi connectivity index (χ4n) is 3.95. The van der Waals surface area contributed by atoms with Crippen molar-refractivity contribution in [3.8, 4) is 0 Å². The van der Waals surface area contributed by atoms with E-state index in [4.69, 9.17) is 12.2 Å². The summed E-state index contributed by atoms with van der Waals surface area (Å²) in [6, 6.07) is 15.8. The van der Waals surface area contributed by atoms with Gasteiger partial charge in [0.15, 0.2) is 14.9 Å². The van der Waals surface area contributed by atoms with Crippen LogP contribution in [-0.2, 0) is 9.84 Å². The van der Waals surface area contributed by atoms with Gasteiger partial charge in [0, 0.05) is 11.4 Å². The van der Waals surface area contributed by atoms with Gasteiger partial charge < -0.3 is 9.80 Å². The van der Waals surface area contributed by atoms with Gasteiger partial charge in [-0.1, -0.05) is 35.9 Å². The smallest absolute Gasteiger partial charge is 0.181 e. The second-order valence-electron chi connectivity index (χ2n) is 6.86. The molecule has 0 unspecified atom stereocenters. The van der Waals surface area contributed by atoms with E-state index < -0.39 is 9.84 Å². The minimum absolute atomic E-state index is 0.138. The van der Waals surface area contributed by atoms with Gasteiger partial charge in [0.05, 0.1) is 23.6 Å². The van der Waals surface area contributed by atoms with Crippen LogP contribution in [0.5, 0.6) is 0 Å². The third kappa shape index (κ3) is 2.73. The topological polar surface area (TPSA) is 40.6 Å². The molecule has 6 heteroatoms. The molecule has 2 heterocycles. The van der Waals surface area contributed by atoms with Crippen LogP contribution in [0.1, 0.15) is 11.1 Å². The molecule has 2 saturated heterocycles. The molecule has 0 aromatic heterocycles. The van der Waals surface area contributed by atoms with Gasteiger partial charge in [0.2, 0.25) is 0 Å². The summed E-state index contributed by atoms with van der Waals surface area (Å²) in [5, 5.41) is 0.683. The van der Waals surface area contributed by atoms with Crippen LogP contribution < -0.4 is 9.80 Å². The summed E-state index contributed by atoms with van der Waals surface area (Å²) in [7, 11) is -3.07. The maximum absolute atomic E-state index is 12.3. The number of para-hydroxylation sites is 1. The fourth-order valence-corrected chi connectivity index (χ4v) is 6.35. The minimum atomic E-state index is -3.07. The summed E-state index contributed by atoms with van der Waals surface area (Å²) < 4.78 is 24.7. The highest BCUT2D eigenvalue weighted by Gasteiger charge is 2.52. The quantitative estimate of drug-likeness (QED) is 0.758.